The zero-order valence-electron chi connectivity index (χ0n) is 13.2. The number of hydrogen-bond acceptors (Lipinski definition) is 3. The van der Waals surface area contributed by atoms with Crippen molar-refractivity contribution >= 4 is 0 Å². The second kappa shape index (κ2) is 7.07. The van der Waals surface area contributed by atoms with Crippen molar-refractivity contribution in [2.45, 2.75) is 38.3 Å². The summed E-state index contributed by atoms with van der Waals surface area (Å²) in [6.45, 7) is 1.87. The van der Waals surface area contributed by atoms with Gasteiger partial charge in [0.15, 0.2) is 0 Å². The Morgan fingerprint density at radius 1 is 1.27 bits per heavy atom. The molecule has 1 heterocycles. The highest BCUT2D eigenvalue weighted by Gasteiger charge is 2.24. The lowest BCUT2D eigenvalue weighted by Gasteiger charge is -2.31. The van der Waals surface area contributed by atoms with Crippen LogP contribution in [0.1, 0.15) is 31.2 Å². The minimum Gasteiger partial charge on any atom is -0.393 e. The molecule has 0 amide bonds. The van der Waals surface area contributed by atoms with E-state index in [1.807, 2.05) is 16.9 Å². The molecule has 1 saturated carbocycles. The summed E-state index contributed by atoms with van der Waals surface area (Å²) in [5, 5.41) is 14.4. The zero-order chi connectivity index (χ0) is 15.4. The molecule has 0 aliphatic heterocycles. The van der Waals surface area contributed by atoms with Gasteiger partial charge in [-0.25, -0.2) is 4.68 Å². The van der Waals surface area contributed by atoms with E-state index in [1.54, 1.807) is 6.20 Å². The largest absolute Gasteiger partial charge is 0.393 e. The van der Waals surface area contributed by atoms with E-state index in [-0.39, 0.29) is 6.10 Å². The average molecular weight is 299 g/mol. The number of rotatable bonds is 5. The van der Waals surface area contributed by atoms with Crippen LogP contribution in [-0.4, -0.2) is 39.5 Å². The summed E-state index contributed by atoms with van der Waals surface area (Å²) in [5.41, 5.74) is 2.37. The fourth-order valence-corrected chi connectivity index (χ4v) is 3.40. The summed E-state index contributed by atoms with van der Waals surface area (Å²) in [6, 6.07) is 10.4. The van der Waals surface area contributed by atoms with Crippen molar-refractivity contribution in [2.75, 3.05) is 13.6 Å². The number of hydrogen-bond donors (Lipinski definition) is 1. The van der Waals surface area contributed by atoms with Crippen LogP contribution < -0.4 is 0 Å². The van der Waals surface area contributed by atoms with Crippen molar-refractivity contribution in [1.82, 2.24) is 14.7 Å². The van der Waals surface area contributed by atoms with E-state index in [0.717, 1.165) is 31.6 Å². The molecule has 22 heavy (non-hydrogen) atoms. The Morgan fingerprint density at radius 3 is 2.91 bits per heavy atom. The quantitative estimate of drug-likeness (QED) is 0.923. The fourth-order valence-electron chi connectivity index (χ4n) is 3.40. The molecule has 0 radical (unpaired) electrons. The summed E-state index contributed by atoms with van der Waals surface area (Å²) in [7, 11) is 2.14. The van der Waals surface area contributed by atoms with E-state index >= 15 is 0 Å². The molecular weight excluding hydrogens is 274 g/mol. The van der Waals surface area contributed by atoms with Gasteiger partial charge in [0.1, 0.15) is 0 Å². The number of benzene rings is 1. The van der Waals surface area contributed by atoms with Gasteiger partial charge in [-0.3, -0.25) is 0 Å². The molecule has 1 aromatic heterocycles. The highest BCUT2D eigenvalue weighted by molar-refractivity contribution is 5.34. The second-order valence-electron chi connectivity index (χ2n) is 6.43. The molecule has 2 aromatic rings. The van der Waals surface area contributed by atoms with Crippen molar-refractivity contribution in [3.05, 3.63) is 48.3 Å². The van der Waals surface area contributed by atoms with Crippen LogP contribution in [0.25, 0.3) is 5.69 Å². The average Bonchev–Trinajstić information content (AvgIpc) is 3.04. The molecule has 1 fully saturated rings. The third-order valence-electron chi connectivity index (χ3n) is 4.55. The predicted octanol–water partition coefficient (Wildman–Crippen LogP) is 2.86. The summed E-state index contributed by atoms with van der Waals surface area (Å²) >= 11 is 0. The monoisotopic (exact) mass is 299 g/mol. The van der Waals surface area contributed by atoms with Crippen LogP contribution in [-0.2, 0) is 6.54 Å². The van der Waals surface area contributed by atoms with Gasteiger partial charge in [-0.05, 0) is 49.6 Å². The Labute approximate surface area is 132 Å². The molecule has 2 atom stereocenters. The van der Waals surface area contributed by atoms with Gasteiger partial charge < -0.3 is 10.0 Å². The molecule has 1 N–H and O–H groups in total. The van der Waals surface area contributed by atoms with Gasteiger partial charge in [0, 0.05) is 25.5 Å². The Hall–Kier alpha value is -1.65. The van der Waals surface area contributed by atoms with Crippen LogP contribution in [0.15, 0.2) is 42.7 Å². The molecule has 2 unspecified atom stereocenters. The zero-order valence-corrected chi connectivity index (χ0v) is 13.2. The van der Waals surface area contributed by atoms with E-state index in [0.29, 0.717) is 5.92 Å². The third-order valence-corrected chi connectivity index (χ3v) is 4.55. The van der Waals surface area contributed by atoms with Crippen LogP contribution in [0.5, 0.6) is 0 Å². The maximum Gasteiger partial charge on any atom is 0.0648 e. The predicted molar refractivity (Wildman–Crippen MR) is 87.9 cm³/mol. The molecule has 4 nitrogen and oxygen atoms in total. The van der Waals surface area contributed by atoms with Gasteiger partial charge >= 0.3 is 0 Å². The Morgan fingerprint density at radius 2 is 2.14 bits per heavy atom. The Balaban J connectivity index is 1.61. The molecule has 1 aromatic carbocycles. The maximum atomic E-state index is 10.1. The highest BCUT2D eigenvalue weighted by atomic mass is 16.3. The molecule has 1 aliphatic carbocycles. The normalized spacial score (nSPS) is 22.1. The molecule has 0 spiro atoms. The van der Waals surface area contributed by atoms with Crippen molar-refractivity contribution in [1.29, 1.82) is 0 Å². The first-order valence-electron chi connectivity index (χ1n) is 8.18. The van der Waals surface area contributed by atoms with E-state index in [2.05, 4.69) is 41.3 Å². The first kappa shape index (κ1) is 15.3. The topological polar surface area (TPSA) is 41.3 Å². The second-order valence-corrected chi connectivity index (χ2v) is 6.43. The fraction of sp³-hybridized carbons (Fsp3) is 0.500. The first-order chi connectivity index (χ1) is 10.7. The van der Waals surface area contributed by atoms with Gasteiger partial charge in [0.25, 0.3) is 0 Å². The van der Waals surface area contributed by atoms with Gasteiger partial charge in [-0.1, -0.05) is 25.0 Å². The lowest BCUT2D eigenvalue weighted by molar-refractivity contribution is 0.0502. The van der Waals surface area contributed by atoms with Crippen molar-refractivity contribution in [3.8, 4) is 5.69 Å². The molecular formula is C18H25N3O. The third kappa shape index (κ3) is 3.76. The molecule has 4 heteroatoms. The molecule has 118 valence electrons. The van der Waals surface area contributed by atoms with Crippen LogP contribution in [0, 0.1) is 5.92 Å². The van der Waals surface area contributed by atoms with Crippen LogP contribution >= 0.6 is 0 Å². The van der Waals surface area contributed by atoms with Gasteiger partial charge in [-0.2, -0.15) is 5.10 Å². The van der Waals surface area contributed by atoms with Crippen molar-refractivity contribution in [3.63, 3.8) is 0 Å². The summed E-state index contributed by atoms with van der Waals surface area (Å²) in [5.74, 6) is 0.424. The van der Waals surface area contributed by atoms with Crippen LogP contribution in [0.2, 0.25) is 0 Å². The summed E-state index contributed by atoms with van der Waals surface area (Å²) < 4.78 is 1.88. The van der Waals surface area contributed by atoms with Gasteiger partial charge in [0.2, 0.25) is 0 Å². The van der Waals surface area contributed by atoms with Gasteiger partial charge in [-0.15, -0.1) is 0 Å². The molecule has 1 aliphatic rings. The number of nitrogens with zero attached hydrogens (tertiary/aromatic N) is 3. The minimum absolute atomic E-state index is 0.119. The lowest BCUT2D eigenvalue weighted by Crippen LogP contribution is -2.34. The lowest BCUT2D eigenvalue weighted by atomic mass is 9.86. The standard InChI is InChI=1S/C18H25N3O/c1-20(14-16-7-2-3-9-18(16)22)13-15-6-4-8-17(12-15)21-11-5-10-19-21/h4-6,8,10-12,16,18,22H,2-3,7,9,13-14H2,1H3. The van der Waals surface area contributed by atoms with E-state index in [9.17, 15) is 5.11 Å². The maximum absolute atomic E-state index is 10.1. The first-order valence-corrected chi connectivity index (χ1v) is 8.18. The van der Waals surface area contributed by atoms with Gasteiger partial charge in [0.05, 0.1) is 11.8 Å². The molecule has 0 saturated heterocycles. The summed E-state index contributed by atoms with van der Waals surface area (Å²) in [4.78, 5) is 2.32. The number of aromatic nitrogens is 2. The van der Waals surface area contributed by atoms with Crippen molar-refractivity contribution in [2.24, 2.45) is 5.92 Å². The smallest absolute Gasteiger partial charge is 0.0648 e. The van der Waals surface area contributed by atoms with Crippen molar-refractivity contribution < 1.29 is 5.11 Å². The number of aliphatic hydroxyl groups excluding tert-OH is 1. The van der Waals surface area contributed by atoms with E-state index in [1.165, 1.54) is 18.4 Å². The SMILES string of the molecule is CN(Cc1cccc(-n2cccn2)c1)CC1CCCCC1O. The molecule has 3 rings (SSSR count). The Bertz CT molecular complexity index is 582. The van der Waals surface area contributed by atoms with E-state index < -0.39 is 0 Å². The van der Waals surface area contributed by atoms with E-state index in [4.69, 9.17) is 0 Å². The highest BCUT2D eigenvalue weighted by Crippen LogP contribution is 2.25. The minimum atomic E-state index is -0.119. The molecule has 0 bridgehead atoms. The van der Waals surface area contributed by atoms with Crippen LogP contribution in [0.4, 0.5) is 0 Å². The van der Waals surface area contributed by atoms with Crippen LogP contribution in [0.3, 0.4) is 0 Å². The summed E-state index contributed by atoms with van der Waals surface area (Å²) in [6.07, 6.45) is 8.18. The Kier molecular flexibility index (Phi) is 4.90. The number of aliphatic hydroxyl groups is 1.